The van der Waals surface area contributed by atoms with Crippen LogP contribution in [-0.2, 0) is 13.0 Å². The first-order valence-corrected chi connectivity index (χ1v) is 10.5. The summed E-state index contributed by atoms with van der Waals surface area (Å²) in [6.45, 7) is 5.81. The number of hydrogen-bond acceptors (Lipinski definition) is 3. The Balaban J connectivity index is 1.69. The summed E-state index contributed by atoms with van der Waals surface area (Å²) in [7, 11) is 0. The SMILES string of the molecule is CCc1cccc(C)c1NC(=S)N1CCn2cccc2C1c1ccc([N+](=O)[O-])cc1. The van der Waals surface area contributed by atoms with Gasteiger partial charge in [0.25, 0.3) is 5.69 Å². The van der Waals surface area contributed by atoms with E-state index in [1.165, 1.54) is 5.56 Å². The first-order chi connectivity index (χ1) is 14.5. The fourth-order valence-corrected chi connectivity index (χ4v) is 4.41. The van der Waals surface area contributed by atoms with Crippen molar-refractivity contribution >= 4 is 28.7 Å². The predicted molar refractivity (Wildman–Crippen MR) is 123 cm³/mol. The number of hydrogen-bond donors (Lipinski definition) is 1. The molecule has 1 aromatic heterocycles. The molecule has 6 nitrogen and oxygen atoms in total. The summed E-state index contributed by atoms with van der Waals surface area (Å²) in [6, 6.07) is 17.0. The molecule has 0 saturated carbocycles. The molecule has 1 N–H and O–H groups in total. The van der Waals surface area contributed by atoms with Gasteiger partial charge in [-0.25, -0.2) is 0 Å². The zero-order chi connectivity index (χ0) is 21.3. The lowest BCUT2D eigenvalue weighted by Crippen LogP contribution is -2.44. The molecule has 0 aliphatic carbocycles. The highest BCUT2D eigenvalue weighted by Gasteiger charge is 2.31. The fourth-order valence-electron chi connectivity index (χ4n) is 4.11. The van der Waals surface area contributed by atoms with Gasteiger partial charge in [0.1, 0.15) is 0 Å². The van der Waals surface area contributed by atoms with Gasteiger partial charge in [0, 0.05) is 42.8 Å². The molecule has 2 aromatic carbocycles. The van der Waals surface area contributed by atoms with Gasteiger partial charge in [-0.2, -0.15) is 0 Å². The third-order valence-corrected chi connectivity index (χ3v) is 6.03. The van der Waals surface area contributed by atoms with Gasteiger partial charge < -0.3 is 14.8 Å². The largest absolute Gasteiger partial charge is 0.348 e. The number of aromatic nitrogens is 1. The number of nitrogens with one attached hydrogen (secondary N) is 1. The van der Waals surface area contributed by atoms with Crippen molar-refractivity contribution in [3.8, 4) is 0 Å². The van der Waals surface area contributed by atoms with E-state index in [1.807, 2.05) is 18.2 Å². The van der Waals surface area contributed by atoms with Gasteiger partial charge in [-0.05, 0) is 66.5 Å². The van der Waals surface area contributed by atoms with E-state index >= 15 is 0 Å². The molecule has 4 rings (SSSR count). The highest BCUT2D eigenvalue weighted by molar-refractivity contribution is 7.80. The molecule has 7 heteroatoms. The third-order valence-electron chi connectivity index (χ3n) is 5.69. The molecule has 1 aliphatic heterocycles. The van der Waals surface area contributed by atoms with Crippen molar-refractivity contribution in [1.29, 1.82) is 0 Å². The monoisotopic (exact) mass is 420 g/mol. The Bertz CT molecular complexity index is 1090. The van der Waals surface area contributed by atoms with E-state index < -0.39 is 0 Å². The Labute approximate surface area is 181 Å². The molecule has 154 valence electrons. The standard InChI is InChI=1S/C23H24N4O2S/c1-3-17-7-4-6-16(2)21(17)24-23(30)26-15-14-25-13-5-8-20(25)22(26)18-9-11-19(12-10-18)27(28)29/h4-13,22H,3,14-15H2,1-2H3,(H,24,30). The predicted octanol–water partition coefficient (Wildman–Crippen LogP) is 5.07. The Hall–Kier alpha value is -3.19. The fraction of sp³-hybridized carbons (Fsp3) is 0.261. The minimum absolute atomic E-state index is 0.0877. The van der Waals surface area contributed by atoms with Crippen LogP contribution in [-0.4, -0.2) is 26.0 Å². The van der Waals surface area contributed by atoms with Crippen molar-refractivity contribution in [2.45, 2.75) is 32.9 Å². The average Bonchev–Trinajstić information content (AvgIpc) is 3.23. The molecule has 0 radical (unpaired) electrons. The van der Waals surface area contributed by atoms with Gasteiger partial charge in [-0.15, -0.1) is 0 Å². The van der Waals surface area contributed by atoms with Crippen LogP contribution in [0.1, 0.15) is 35.3 Å². The molecule has 2 heterocycles. The summed E-state index contributed by atoms with van der Waals surface area (Å²) in [5.41, 5.74) is 5.64. The highest BCUT2D eigenvalue weighted by Crippen LogP contribution is 2.34. The van der Waals surface area contributed by atoms with Crippen LogP contribution in [0.4, 0.5) is 11.4 Å². The van der Waals surface area contributed by atoms with Crippen molar-refractivity contribution < 1.29 is 4.92 Å². The van der Waals surface area contributed by atoms with E-state index in [4.69, 9.17) is 12.2 Å². The Morgan fingerprint density at radius 2 is 1.93 bits per heavy atom. The van der Waals surface area contributed by atoms with E-state index in [9.17, 15) is 10.1 Å². The summed E-state index contributed by atoms with van der Waals surface area (Å²) in [5, 5.41) is 15.2. The van der Waals surface area contributed by atoms with Gasteiger partial charge in [0.05, 0.1) is 11.0 Å². The number of nitro benzene ring substituents is 1. The van der Waals surface area contributed by atoms with Gasteiger partial charge in [0.2, 0.25) is 0 Å². The Morgan fingerprint density at radius 1 is 1.17 bits per heavy atom. The summed E-state index contributed by atoms with van der Waals surface area (Å²) >= 11 is 5.87. The first kappa shape index (κ1) is 20.1. The number of nitrogens with zero attached hydrogens (tertiary/aromatic N) is 3. The molecule has 0 amide bonds. The van der Waals surface area contributed by atoms with Crippen molar-refractivity contribution in [2.24, 2.45) is 0 Å². The molecule has 1 atom stereocenters. The van der Waals surface area contributed by atoms with Crippen LogP contribution in [0.3, 0.4) is 0 Å². The lowest BCUT2D eigenvalue weighted by molar-refractivity contribution is -0.384. The molecular formula is C23H24N4O2S. The molecule has 0 bridgehead atoms. The van der Waals surface area contributed by atoms with Crippen LogP contribution < -0.4 is 5.32 Å². The van der Waals surface area contributed by atoms with Crippen molar-refractivity contribution in [3.63, 3.8) is 0 Å². The normalized spacial score (nSPS) is 15.5. The topological polar surface area (TPSA) is 63.3 Å². The summed E-state index contributed by atoms with van der Waals surface area (Å²) in [5.74, 6) is 0. The molecule has 0 spiro atoms. The summed E-state index contributed by atoms with van der Waals surface area (Å²) in [6.07, 6.45) is 2.99. The second kappa shape index (κ2) is 8.28. The lowest BCUT2D eigenvalue weighted by Gasteiger charge is -2.39. The number of anilines is 1. The van der Waals surface area contributed by atoms with E-state index in [0.29, 0.717) is 5.11 Å². The minimum Gasteiger partial charge on any atom is -0.348 e. The molecule has 0 saturated heterocycles. The lowest BCUT2D eigenvalue weighted by atomic mass is 10.00. The van der Waals surface area contributed by atoms with Crippen molar-refractivity contribution in [1.82, 2.24) is 9.47 Å². The maximum absolute atomic E-state index is 11.1. The minimum atomic E-state index is -0.373. The van der Waals surface area contributed by atoms with E-state index in [1.54, 1.807) is 12.1 Å². The molecule has 1 aliphatic rings. The van der Waals surface area contributed by atoms with Crippen LogP contribution in [0.25, 0.3) is 0 Å². The second-order valence-electron chi connectivity index (χ2n) is 7.46. The maximum atomic E-state index is 11.1. The smallest absolute Gasteiger partial charge is 0.269 e. The van der Waals surface area contributed by atoms with Crippen LogP contribution >= 0.6 is 12.2 Å². The summed E-state index contributed by atoms with van der Waals surface area (Å²) < 4.78 is 2.22. The number of nitro groups is 1. The number of benzene rings is 2. The van der Waals surface area contributed by atoms with Crippen LogP contribution in [0.2, 0.25) is 0 Å². The second-order valence-corrected chi connectivity index (χ2v) is 7.85. The Morgan fingerprint density at radius 3 is 2.63 bits per heavy atom. The number of para-hydroxylation sites is 1. The van der Waals surface area contributed by atoms with Gasteiger partial charge in [-0.1, -0.05) is 25.1 Å². The van der Waals surface area contributed by atoms with Crippen LogP contribution in [0, 0.1) is 17.0 Å². The molecule has 3 aromatic rings. The van der Waals surface area contributed by atoms with Crippen molar-refractivity contribution in [3.05, 3.63) is 93.3 Å². The molecule has 0 fully saturated rings. The quantitative estimate of drug-likeness (QED) is 0.363. The average molecular weight is 421 g/mol. The van der Waals surface area contributed by atoms with Crippen LogP contribution in [0.15, 0.2) is 60.8 Å². The van der Waals surface area contributed by atoms with Crippen molar-refractivity contribution in [2.75, 3.05) is 11.9 Å². The number of aryl methyl sites for hydroxylation is 2. The zero-order valence-electron chi connectivity index (χ0n) is 17.0. The number of non-ortho nitro benzene ring substituents is 1. The molecule has 30 heavy (non-hydrogen) atoms. The van der Waals surface area contributed by atoms with E-state index in [2.05, 4.69) is 59.1 Å². The first-order valence-electron chi connectivity index (χ1n) is 10.0. The van der Waals surface area contributed by atoms with E-state index in [0.717, 1.165) is 42.0 Å². The summed E-state index contributed by atoms with van der Waals surface area (Å²) in [4.78, 5) is 12.9. The number of thiocarbonyl (C=S) groups is 1. The third kappa shape index (κ3) is 3.68. The zero-order valence-corrected chi connectivity index (χ0v) is 17.9. The molecular weight excluding hydrogens is 396 g/mol. The number of rotatable bonds is 4. The van der Waals surface area contributed by atoms with E-state index in [-0.39, 0.29) is 16.7 Å². The number of fused-ring (bicyclic) bond motifs is 1. The highest BCUT2D eigenvalue weighted by atomic mass is 32.1. The molecule has 1 unspecified atom stereocenters. The van der Waals surface area contributed by atoms with Gasteiger partial charge in [-0.3, -0.25) is 10.1 Å². The Kier molecular flexibility index (Phi) is 5.55. The maximum Gasteiger partial charge on any atom is 0.269 e. The van der Waals surface area contributed by atoms with Crippen LogP contribution in [0.5, 0.6) is 0 Å². The van der Waals surface area contributed by atoms with Gasteiger partial charge >= 0.3 is 0 Å². The van der Waals surface area contributed by atoms with Gasteiger partial charge in [0.15, 0.2) is 5.11 Å².